The highest BCUT2D eigenvalue weighted by Crippen LogP contribution is 2.45. The lowest BCUT2D eigenvalue weighted by Gasteiger charge is -2.20. The number of fused-ring (bicyclic) bond motifs is 6. The number of halogens is 12. The van der Waals surface area contributed by atoms with E-state index in [9.17, 15) is 57.9 Å². The zero-order valence-corrected chi connectivity index (χ0v) is 36.2. The number of rotatable bonds is 5. The molecule has 0 unspecified atom stereocenters. The van der Waals surface area contributed by atoms with E-state index in [1.807, 2.05) is 0 Å². The van der Waals surface area contributed by atoms with E-state index in [0.29, 0.717) is 96.1 Å². The smallest absolute Gasteiger partial charge is 0.307 e. The molecule has 0 N–H and O–H groups in total. The first kappa shape index (κ1) is 45.7. The molecule has 0 saturated heterocycles. The van der Waals surface area contributed by atoms with Crippen molar-refractivity contribution in [3.8, 4) is 50.8 Å². The second-order valence-corrected chi connectivity index (χ2v) is 16.9. The van der Waals surface area contributed by atoms with Crippen LogP contribution in [0.2, 0.25) is 0 Å². The second kappa shape index (κ2) is 16.0. The molecule has 0 spiro atoms. The van der Waals surface area contributed by atoms with Crippen molar-refractivity contribution in [1.29, 1.82) is 5.26 Å². The molecule has 0 aliphatic carbocycles. The molecule has 70 heavy (non-hydrogen) atoms. The summed E-state index contributed by atoms with van der Waals surface area (Å²) in [6.07, 6.45) is -20.5. The zero-order chi connectivity index (χ0) is 49.8. The monoisotopic (exact) mass is 962 g/mol. The molecule has 0 radical (unpaired) electrons. The van der Waals surface area contributed by atoms with E-state index in [-0.39, 0.29) is 45.6 Å². The highest BCUT2D eigenvalue weighted by atomic mass is 19.4. The van der Waals surface area contributed by atoms with Crippen molar-refractivity contribution in [2.75, 3.05) is 0 Å². The topological polar surface area (TPSA) is 46.5 Å². The number of alkyl halides is 12. The van der Waals surface area contributed by atoms with E-state index in [1.54, 1.807) is 108 Å². The van der Waals surface area contributed by atoms with Crippen molar-refractivity contribution in [2.24, 2.45) is 0 Å². The average molecular weight is 963 g/mol. The Morgan fingerprint density at radius 3 is 1.14 bits per heavy atom. The molecule has 16 heteroatoms. The number of nitrogens with zero attached hydrogens (tertiary/aromatic N) is 4. The fourth-order valence-corrected chi connectivity index (χ4v) is 9.32. The fraction of sp³-hybridized carbons (Fsp3) is 0.111. The van der Waals surface area contributed by atoms with Crippen LogP contribution in [-0.4, -0.2) is 14.1 Å². The lowest BCUT2D eigenvalue weighted by Crippen LogP contribution is -2.11. The van der Waals surface area contributed by atoms with Gasteiger partial charge in [0.05, 0.1) is 67.3 Å². The molecule has 0 atom stereocenters. The Morgan fingerprint density at radius 1 is 0.386 bits per heavy atom. The number of hydrogen-bond donors (Lipinski definition) is 0. The van der Waals surface area contributed by atoms with Crippen LogP contribution < -0.4 is 0 Å². The summed E-state index contributed by atoms with van der Waals surface area (Å²) in [5, 5.41) is 13.2. The summed E-state index contributed by atoms with van der Waals surface area (Å²) < 4.78 is 174. The Balaban J connectivity index is 1.33. The summed E-state index contributed by atoms with van der Waals surface area (Å²) in [4.78, 5) is 4.49. The summed E-state index contributed by atoms with van der Waals surface area (Å²) in [7, 11) is 0. The summed E-state index contributed by atoms with van der Waals surface area (Å²) in [6, 6.07) is 34.7. The van der Waals surface area contributed by atoms with Gasteiger partial charge in [0.15, 0.2) is 0 Å². The van der Waals surface area contributed by atoms with E-state index in [0.717, 1.165) is 0 Å². The Kier molecular flexibility index (Phi) is 10.5. The van der Waals surface area contributed by atoms with Gasteiger partial charge in [-0.1, -0.05) is 60.7 Å². The van der Waals surface area contributed by atoms with Gasteiger partial charge in [-0.3, -0.25) is 4.98 Å². The normalized spacial score (nSPS) is 12.7. The van der Waals surface area contributed by atoms with E-state index in [1.165, 1.54) is 24.3 Å². The molecule has 0 bridgehead atoms. The van der Waals surface area contributed by atoms with Gasteiger partial charge in [-0.2, -0.15) is 57.9 Å². The van der Waals surface area contributed by atoms with Crippen LogP contribution in [0, 0.1) is 25.2 Å². The lowest BCUT2D eigenvalue weighted by molar-refractivity contribution is -0.144. The largest absolute Gasteiger partial charge is 0.416 e. The second-order valence-electron chi connectivity index (χ2n) is 16.9. The standard InChI is InChI=1S/C54H30F12N4/c1-28-15-34(16-29(2)68-28)44-26-50(70-46-10-6-4-8-41(46)43-14-12-31(22-48(43)70)33-19-38(53(61,62)63)25-39(20-33)54(64,65)66)49(23-35(44)27-67)69-45-9-5-3-7-40(45)42-13-11-30(21-47(42)69)32-17-36(51(55,56)57)24-37(18-32)52(58,59)60/h3-26H,1-2H3. The van der Waals surface area contributed by atoms with Crippen LogP contribution in [0.25, 0.3) is 88.4 Å². The van der Waals surface area contributed by atoms with Gasteiger partial charge >= 0.3 is 24.7 Å². The van der Waals surface area contributed by atoms with Crippen LogP contribution in [0.1, 0.15) is 39.2 Å². The molecule has 10 rings (SSSR count). The molecule has 10 aromatic rings. The van der Waals surface area contributed by atoms with Crippen molar-refractivity contribution < 1.29 is 52.7 Å². The minimum Gasteiger partial charge on any atom is -0.307 e. The maximum absolute atomic E-state index is 14.2. The lowest BCUT2D eigenvalue weighted by atomic mass is 9.97. The third kappa shape index (κ3) is 7.94. The Bertz CT molecular complexity index is 3740. The first-order valence-electron chi connectivity index (χ1n) is 21.2. The maximum atomic E-state index is 14.2. The Hall–Kier alpha value is -8.06. The number of hydrogen-bond acceptors (Lipinski definition) is 2. The first-order valence-corrected chi connectivity index (χ1v) is 21.2. The van der Waals surface area contributed by atoms with Gasteiger partial charge < -0.3 is 9.13 Å². The summed E-state index contributed by atoms with van der Waals surface area (Å²) in [6.45, 7) is 3.53. The Labute approximate surface area is 388 Å². The summed E-state index contributed by atoms with van der Waals surface area (Å²) >= 11 is 0. The Morgan fingerprint density at radius 2 is 0.757 bits per heavy atom. The minimum atomic E-state index is -5.13. The molecular weight excluding hydrogens is 933 g/mol. The van der Waals surface area contributed by atoms with Crippen LogP contribution in [-0.2, 0) is 24.7 Å². The predicted octanol–water partition coefficient (Wildman–Crippen LogP) is 16.8. The molecule has 3 heterocycles. The third-order valence-electron chi connectivity index (χ3n) is 12.3. The molecule has 3 aromatic heterocycles. The third-order valence-corrected chi connectivity index (χ3v) is 12.3. The van der Waals surface area contributed by atoms with Gasteiger partial charge in [0.25, 0.3) is 0 Å². The van der Waals surface area contributed by atoms with Crippen molar-refractivity contribution in [2.45, 2.75) is 38.6 Å². The van der Waals surface area contributed by atoms with Crippen LogP contribution >= 0.6 is 0 Å². The molecule has 350 valence electrons. The number of pyridine rings is 1. The zero-order valence-electron chi connectivity index (χ0n) is 36.2. The van der Waals surface area contributed by atoms with E-state index < -0.39 is 47.0 Å². The van der Waals surface area contributed by atoms with Gasteiger partial charge in [-0.25, -0.2) is 0 Å². The molecular formula is C54H30F12N4. The molecule has 4 nitrogen and oxygen atoms in total. The highest BCUT2D eigenvalue weighted by Gasteiger charge is 2.39. The van der Waals surface area contributed by atoms with Crippen LogP contribution in [0.5, 0.6) is 0 Å². The van der Waals surface area contributed by atoms with Gasteiger partial charge in [-0.15, -0.1) is 0 Å². The quantitative estimate of drug-likeness (QED) is 0.161. The van der Waals surface area contributed by atoms with Crippen molar-refractivity contribution in [1.82, 2.24) is 14.1 Å². The van der Waals surface area contributed by atoms with Gasteiger partial charge in [0.1, 0.15) is 0 Å². The number of nitriles is 1. The highest BCUT2D eigenvalue weighted by molar-refractivity contribution is 6.13. The summed E-state index contributed by atoms with van der Waals surface area (Å²) in [5.41, 5.74) is -2.16. The van der Waals surface area contributed by atoms with E-state index in [4.69, 9.17) is 0 Å². The molecule has 0 saturated carbocycles. The van der Waals surface area contributed by atoms with Crippen molar-refractivity contribution in [3.05, 3.63) is 185 Å². The van der Waals surface area contributed by atoms with Crippen molar-refractivity contribution in [3.63, 3.8) is 0 Å². The molecule has 0 amide bonds. The molecule has 0 aliphatic heterocycles. The molecule has 0 fully saturated rings. The number of aromatic nitrogens is 3. The van der Waals surface area contributed by atoms with Gasteiger partial charge in [-0.05, 0) is 127 Å². The van der Waals surface area contributed by atoms with E-state index >= 15 is 0 Å². The van der Waals surface area contributed by atoms with Crippen molar-refractivity contribution >= 4 is 43.6 Å². The molecule has 7 aromatic carbocycles. The van der Waals surface area contributed by atoms with Crippen LogP contribution in [0.15, 0.2) is 146 Å². The van der Waals surface area contributed by atoms with Gasteiger partial charge in [0.2, 0.25) is 0 Å². The molecule has 0 aliphatic rings. The average Bonchev–Trinajstić information content (AvgIpc) is 3.81. The SMILES string of the molecule is Cc1cc(-c2cc(-n3c4ccccc4c4ccc(-c5cc(C(F)(F)F)cc(C(F)(F)F)c5)cc43)c(-n3c4ccccc4c4ccc(-c5cc(C(F)(F)F)cc(C(F)(F)F)c5)cc43)cc2C#N)cc(C)n1. The van der Waals surface area contributed by atoms with Crippen LogP contribution in [0.4, 0.5) is 52.7 Å². The summed E-state index contributed by atoms with van der Waals surface area (Å²) in [5.74, 6) is 0. The van der Waals surface area contributed by atoms with Crippen LogP contribution in [0.3, 0.4) is 0 Å². The number of aryl methyl sites for hydroxylation is 2. The number of para-hydroxylation sites is 2. The van der Waals surface area contributed by atoms with Gasteiger partial charge in [0, 0.05) is 38.5 Å². The predicted molar refractivity (Wildman–Crippen MR) is 243 cm³/mol. The number of benzene rings is 7. The maximum Gasteiger partial charge on any atom is 0.416 e. The van der Waals surface area contributed by atoms with E-state index in [2.05, 4.69) is 11.1 Å². The first-order chi connectivity index (χ1) is 33.0. The fourth-order valence-electron chi connectivity index (χ4n) is 9.32. The minimum absolute atomic E-state index is 0.00427.